The monoisotopic (exact) mass is 588 g/mol. The molecule has 4 unspecified atom stereocenters. The molecule has 0 radical (unpaired) electrons. The topological polar surface area (TPSA) is 38.7 Å². The average Bonchev–Trinajstić information content (AvgIpc) is 3.08. The lowest BCUT2D eigenvalue weighted by Crippen LogP contribution is -2.24. The first-order chi connectivity index (χ1) is 21.5. The molecule has 0 bridgehead atoms. The van der Waals surface area contributed by atoms with Crippen LogP contribution in [0.2, 0.25) is 0 Å². The molecule has 1 N–H and O–H groups in total. The van der Waals surface area contributed by atoms with Gasteiger partial charge < -0.3 is 14.6 Å². The van der Waals surface area contributed by atoms with Crippen molar-refractivity contribution in [3.63, 3.8) is 0 Å². The maximum atomic E-state index is 10.9. The molecule has 4 rings (SSSR count). The Morgan fingerprint density at radius 2 is 1.14 bits per heavy atom. The van der Waals surface area contributed by atoms with Gasteiger partial charge in [0.15, 0.2) is 0 Å². The lowest BCUT2D eigenvalue weighted by molar-refractivity contribution is 0.0208. The van der Waals surface area contributed by atoms with Crippen LogP contribution in [0.4, 0.5) is 0 Å². The summed E-state index contributed by atoms with van der Waals surface area (Å²) in [4.78, 5) is 0. The summed E-state index contributed by atoms with van der Waals surface area (Å²) < 4.78 is 12.4. The molecule has 0 aromatic heterocycles. The highest BCUT2D eigenvalue weighted by atomic mass is 16.5. The molecule has 4 aromatic carbocycles. The molecule has 44 heavy (non-hydrogen) atoms. The Labute approximate surface area is 264 Å². The molecule has 0 saturated heterocycles. The zero-order chi connectivity index (χ0) is 31.1. The van der Waals surface area contributed by atoms with Crippen LogP contribution in [0.1, 0.15) is 91.2 Å². The van der Waals surface area contributed by atoms with E-state index in [9.17, 15) is 5.11 Å². The molecular weight excluding hydrogens is 540 g/mol. The predicted molar refractivity (Wildman–Crippen MR) is 184 cm³/mol. The van der Waals surface area contributed by atoms with Crippen LogP contribution in [0.25, 0.3) is 0 Å². The van der Waals surface area contributed by atoms with Crippen molar-refractivity contribution in [3.05, 3.63) is 161 Å². The number of rotatable bonds is 17. The van der Waals surface area contributed by atoms with Gasteiger partial charge in [0.05, 0.1) is 13.2 Å². The summed E-state index contributed by atoms with van der Waals surface area (Å²) >= 11 is 0. The van der Waals surface area contributed by atoms with Crippen molar-refractivity contribution in [1.29, 1.82) is 0 Å². The van der Waals surface area contributed by atoms with Gasteiger partial charge in [-0.25, -0.2) is 0 Å². The third-order valence-corrected chi connectivity index (χ3v) is 8.39. The summed E-state index contributed by atoms with van der Waals surface area (Å²) in [7, 11) is 0. The molecule has 4 aromatic rings. The van der Waals surface area contributed by atoms with E-state index in [0.29, 0.717) is 6.61 Å². The summed E-state index contributed by atoms with van der Waals surface area (Å²) in [6.07, 6.45) is 8.45. The fourth-order valence-electron chi connectivity index (χ4n) is 5.60. The molecule has 3 heteroatoms. The first-order valence-corrected chi connectivity index (χ1v) is 16.0. The quantitative estimate of drug-likeness (QED) is 0.0986. The lowest BCUT2D eigenvalue weighted by Gasteiger charge is -2.27. The van der Waals surface area contributed by atoms with Crippen molar-refractivity contribution >= 4 is 0 Å². The fraction of sp³-hybridized carbons (Fsp3) is 0.317. The van der Waals surface area contributed by atoms with E-state index < -0.39 is 6.10 Å². The Balaban J connectivity index is 1.66. The van der Waals surface area contributed by atoms with Crippen LogP contribution in [0.15, 0.2) is 128 Å². The number of allylic oxidation sites excluding steroid dienone is 2. The maximum Gasteiger partial charge on any atom is 0.127 e. The standard InChI is InChI=1S/C41H48O3/c1-5-6-7-8-9-19-26-43-29-38(42)30-44-41-39(32(3)35-22-15-11-16-23-35)27-37(31(2)34-20-13-10-14-21-34)28-40(41)33(4)36-24-17-12-18-25-36/h5,9-25,27-28,31-33,38,42H,1,6-8,26,29-30H2,2-4H3/b19-9+. The van der Waals surface area contributed by atoms with E-state index in [2.05, 4.69) is 137 Å². The van der Waals surface area contributed by atoms with Gasteiger partial charge in [-0.3, -0.25) is 0 Å². The minimum Gasteiger partial charge on any atom is -0.490 e. The van der Waals surface area contributed by atoms with Gasteiger partial charge in [0.25, 0.3) is 0 Å². The molecule has 0 spiro atoms. The molecule has 3 nitrogen and oxygen atoms in total. The highest BCUT2D eigenvalue weighted by Crippen LogP contribution is 2.42. The fourth-order valence-corrected chi connectivity index (χ4v) is 5.60. The van der Waals surface area contributed by atoms with Gasteiger partial charge in [-0.2, -0.15) is 0 Å². The van der Waals surface area contributed by atoms with Crippen LogP contribution >= 0.6 is 0 Å². The van der Waals surface area contributed by atoms with Crippen LogP contribution in [-0.2, 0) is 4.74 Å². The number of aliphatic hydroxyl groups is 1. The molecule has 4 atom stereocenters. The number of ether oxygens (including phenoxy) is 2. The van der Waals surface area contributed by atoms with Gasteiger partial charge in [0.2, 0.25) is 0 Å². The Hall–Kier alpha value is -3.92. The van der Waals surface area contributed by atoms with Crippen molar-refractivity contribution in [2.75, 3.05) is 19.8 Å². The predicted octanol–water partition coefficient (Wildman–Crippen LogP) is 9.81. The van der Waals surface area contributed by atoms with E-state index in [4.69, 9.17) is 9.47 Å². The minimum absolute atomic E-state index is 0.0930. The molecule has 0 amide bonds. The largest absolute Gasteiger partial charge is 0.490 e. The second-order valence-electron chi connectivity index (χ2n) is 11.6. The van der Waals surface area contributed by atoms with Crippen LogP contribution < -0.4 is 4.74 Å². The first-order valence-electron chi connectivity index (χ1n) is 16.0. The molecule has 230 valence electrons. The van der Waals surface area contributed by atoms with Gasteiger partial charge >= 0.3 is 0 Å². The highest BCUT2D eigenvalue weighted by molar-refractivity contribution is 5.54. The van der Waals surface area contributed by atoms with Crippen molar-refractivity contribution in [1.82, 2.24) is 0 Å². The Morgan fingerprint density at radius 1 is 0.636 bits per heavy atom. The summed E-state index contributed by atoms with van der Waals surface area (Å²) in [5, 5.41) is 10.9. The van der Waals surface area contributed by atoms with Gasteiger partial charge in [0.1, 0.15) is 18.5 Å². The van der Waals surface area contributed by atoms with E-state index >= 15 is 0 Å². The second-order valence-corrected chi connectivity index (χ2v) is 11.6. The number of benzene rings is 4. The third kappa shape index (κ3) is 9.29. The number of aliphatic hydroxyl groups excluding tert-OH is 1. The first kappa shape index (κ1) is 33.0. The van der Waals surface area contributed by atoms with E-state index in [-0.39, 0.29) is 31.0 Å². The van der Waals surface area contributed by atoms with E-state index in [1.54, 1.807) is 0 Å². The van der Waals surface area contributed by atoms with E-state index in [1.165, 1.54) is 22.3 Å². The van der Waals surface area contributed by atoms with Crippen LogP contribution in [0.5, 0.6) is 5.75 Å². The van der Waals surface area contributed by atoms with Crippen LogP contribution in [-0.4, -0.2) is 31.0 Å². The number of unbranched alkanes of at least 4 members (excludes halogenated alkanes) is 2. The Morgan fingerprint density at radius 3 is 1.64 bits per heavy atom. The minimum atomic E-state index is -0.744. The molecule has 0 aliphatic heterocycles. The SMILES string of the molecule is C=CCCC/C=C/COCC(O)COc1c(C(C)c2ccccc2)cc(C(C)c2ccccc2)cc1C(C)c1ccccc1. The van der Waals surface area contributed by atoms with Crippen molar-refractivity contribution < 1.29 is 14.6 Å². The van der Waals surface area contributed by atoms with Gasteiger partial charge in [-0.1, -0.05) is 142 Å². The molecule has 0 saturated carbocycles. The molecule has 0 fully saturated rings. The summed E-state index contributed by atoms with van der Waals surface area (Å²) in [6, 6.07) is 36.5. The zero-order valence-electron chi connectivity index (χ0n) is 26.6. The van der Waals surface area contributed by atoms with Crippen LogP contribution in [0, 0.1) is 0 Å². The normalized spacial score (nSPS) is 14.2. The smallest absolute Gasteiger partial charge is 0.127 e. The van der Waals surface area contributed by atoms with Gasteiger partial charge in [-0.05, 0) is 41.5 Å². The van der Waals surface area contributed by atoms with Crippen molar-refractivity contribution in [2.45, 2.75) is 63.9 Å². The van der Waals surface area contributed by atoms with Crippen LogP contribution in [0.3, 0.4) is 0 Å². The zero-order valence-corrected chi connectivity index (χ0v) is 26.6. The average molecular weight is 589 g/mol. The molecular formula is C41H48O3. The lowest BCUT2D eigenvalue weighted by atomic mass is 9.81. The Kier molecular flexibility index (Phi) is 13.0. The van der Waals surface area contributed by atoms with Crippen molar-refractivity contribution in [2.24, 2.45) is 0 Å². The number of hydrogen-bond acceptors (Lipinski definition) is 3. The van der Waals surface area contributed by atoms with Gasteiger partial charge in [0, 0.05) is 28.9 Å². The molecule has 0 aliphatic rings. The maximum absolute atomic E-state index is 10.9. The molecule has 0 aliphatic carbocycles. The van der Waals surface area contributed by atoms with Gasteiger partial charge in [-0.15, -0.1) is 6.58 Å². The Bertz CT molecular complexity index is 1360. The third-order valence-electron chi connectivity index (χ3n) is 8.39. The van der Waals surface area contributed by atoms with E-state index in [1.807, 2.05) is 12.2 Å². The second kappa shape index (κ2) is 17.4. The highest BCUT2D eigenvalue weighted by Gasteiger charge is 2.25. The summed E-state index contributed by atoms with van der Waals surface area (Å²) in [5.41, 5.74) is 7.24. The molecule has 0 heterocycles. The number of hydrogen-bond donors (Lipinski definition) is 1. The van der Waals surface area contributed by atoms with Crippen molar-refractivity contribution in [3.8, 4) is 5.75 Å². The van der Waals surface area contributed by atoms with E-state index in [0.717, 1.165) is 36.1 Å². The summed E-state index contributed by atoms with van der Waals surface area (Å²) in [5.74, 6) is 1.24. The summed E-state index contributed by atoms with van der Waals surface area (Å²) in [6.45, 7) is 11.4.